The van der Waals surface area contributed by atoms with Crippen LogP contribution in [-0.2, 0) is 0 Å². The van der Waals surface area contributed by atoms with Crippen molar-refractivity contribution in [1.82, 2.24) is 9.97 Å². The second-order valence-electron chi connectivity index (χ2n) is 6.65. The van der Waals surface area contributed by atoms with Gasteiger partial charge in [0.15, 0.2) is 11.5 Å². The van der Waals surface area contributed by atoms with E-state index in [9.17, 15) is 4.79 Å². The van der Waals surface area contributed by atoms with Crippen LogP contribution in [0.1, 0.15) is 43.6 Å². The quantitative estimate of drug-likeness (QED) is 0.827. The summed E-state index contributed by atoms with van der Waals surface area (Å²) >= 11 is 0. The molecule has 0 unspecified atom stereocenters. The molecule has 0 spiro atoms. The molecule has 1 aliphatic rings. The Hall–Kier alpha value is -2.83. The zero-order valence-corrected chi connectivity index (χ0v) is 15.2. The molecule has 0 radical (unpaired) electrons. The minimum atomic E-state index is -0.607. The molecule has 0 aliphatic carbocycles. The average molecular weight is 355 g/mol. The molecule has 2 heterocycles. The lowest BCUT2D eigenvalue weighted by Gasteiger charge is -2.27. The molecule has 1 aromatic carbocycles. The monoisotopic (exact) mass is 355 g/mol. The molecule has 1 aromatic heterocycles. The Balaban J connectivity index is 1.83. The van der Waals surface area contributed by atoms with E-state index in [1.54, 1.807) is 6.20 Å². The summed E-state index contributed by atoms with van der Waals surface area (Å²) < 4.78 is 5.64. The van der Waals surface area contributed by atoms with Crippen molar-refractivity contribution in [1.29, 1.82) is 0 Å². The highest BCUT2D eigenvalue weighted by Crippen LogP contribution is 2.24. The van der Waals surface area contributed by atoms with Gasteiger partial charge in [-0.15, -0.1) is 0 Å². The van der Waals surface area contributed by atoms with Crippen molar-refractivity contribution in [2.24, 2.45) is 5.73 Å². The van der Waals surface area contributed by atoms with Gasteiger partial charge in [0.1, 0.15) is 11.6 Å². The highest BCUT2D eigenvalue weighted by molar-refractivity contribution is 5.96. The Kier molecular flexibility index (Phi) is 5.55. The smallest absolute Gasteiger partial charge is 0.271 e. The van der Waals surface area contributed by atoms with E-state index in [0.29, 0.717) is 5.82 Å². The Labute approximate surface area is 153 Å². The molecule has 3 N–H and O–H groups in total. The number of ether oxygens (including phenoxy) is 1. The van der Waals surface area contributed by atoms with E-state index in [1.165, 1.54) is 6.42 Å². The number of rotatable bonds is 6. The third kappa shape index (κ3) is 4.41. The van der Waals surface area contributed by atoms with Crippen LogP contribution in [0.25, 0.3) is 0 Å². The Morgan fingerprint density at radius 3 is 2.50 bits per heavy atom. The number of amides is 1. The minimum absolute atomic E-state index is 0.113. The number of anilines is 3. The number of benzene rings is 1. The largest absolute Gasteiger partial charge is 0.491 e. The first-order chi connectivity index (χ1) is 12.5. The lowest BCUT2D eigenvalue weighted by molar-refractivity contribution is 0.0996. The number of aromatic nitrogens is 2. The van der Waals surface area contributed by atoms with Crippen LogP contribution < -0.4 is 20.7 Å². The molecule has 0 saturated carbocycles. The van der Waals surface area contributed by atoms with Crippen molar-refractivity contribution < 1.29 is 9.53 Å². The summed E-state index contributed by atoms with van der Waals surface area (Å²) in [6.07, 6.45) is 5.25. The summed E-state index contributed by atoms with van der Waals surface area (Å²) in [7, 11) is 0. The van der Waals surface area contributed by atoms with Crippen LogP contribution in [-0.4, -0.2) is 35.1 Å². The highest BCUT2D eigenvalue weighted by atomic mass is 16.5. The van der Waals surface area contributed by atoms with Crippen molar-refractivity contribution in [3.63, 3.8) is 0 Å². The maximum absolute atomic E-state index is 11.7. The van der Waals surface area contributed by atoms with Gasteiger partial charge in [0.25, 0.3) is 5.91 Å². The average Bonchev–Trinajstić information content (AvgIpc) is 2.63. The van der Waals surface area contributed by atoms with Crippen molar-refractivity contribution in [3.05, 3.63) is 36.2 Å². The minimum Gasteiger partial charge on any atom is -0.491 e. The van der Waals surface area contributed by atoms with E-state index in [1.807, 2.05) is 38.1 Å². The van der Waals surface area contributed by atoms with Gasteiger partial charge in [-0.1, -0.05) is 0 Å². The van der Waals surface area contributed by atoms with Crippen LogP contribution >= 0.6 is 0 Å². The van der Waals surface area contributed by atoms with Crippen LogP contribution in [0.5, 0.6) is 5.75 Å². The molecule has 2 aromatic rings. The van der Waals surface area contributed by atoms with Gasteiger partial charge in [0.05, 0.1) is 12.3 Å². The van der Waals surface area contributed by atoms with Crippen molar-refractivity contribution in [2.75, 3.05) is 23.3 Å². The lowest BCUT2D eigenvalue weighted by Crippen LogP contribution is -2.30. The number of nitrogens with zero attached hydrogens (tertiary/aromatic N) is 3. The molecule has 3 rings (SSSR count). The molecular weight excluding hydrogens is 330 g/mol. The maximum Gasteiger partial charge on any atom is 0.271 e. The van der Waals surface area contributed by atoms with Crippen LogP contribution in [0.4, 0.5) is 17.3 Å². The Bertz CT molecular complexity index is 755. The molecule has 1 fully saturated rings. The number of hydrogen-bond donors (Lipinski definition) is 2. The molecular formula is C19H25N5O2. The molecule has 138 valence electrons. The number of carbonyl (C=O) groups is 1. The van der Waals surface area contributed by atoms with Crippen LogP contribution in [0.15, 0.2) is 30.5 Å². The summed E-state index contributed by atoms with van der Waals surface area (Å²) in [6, 6.07) is 7.48. The molecule has 7 heteroatoms. The number of hydrogen-bond acceptors (Lipinski definition) is 6. The van der Waals surface area contributed by atoms with Crippen molar-refractivity contribution >= 4 is 23.2 Å². The molecule has 1 saturated heterocycles. The topological polar surface area (TPSA) is 93.4 Å². The maximum atomic E-state index is 11.7. The van der Waals surface area contributed by atoms with E-state index in [0.717, 1.165) is 43.2 Å². The summed E-state index contributed by atoms with van der Waals surface area (Å²) in [4.78, 5) is 22.8. The number of primary amides is 1. The standard InChI is InChI=1S/C19H25N5O2/c1-13(2)26-15-8-6-14(7-9-15)22-19-17(18(20)25)21-12-16(23-19)24-10-4-3-5-11-24/h6-9,12-13H,3-5,10-11H2,1-2H3,(H2,20,25)(H,22,23). The molecule has 7 nitrogen and oxygen atoms in total. The van der Waals surface area contributed by atoms with E-state index in [-0.39, 0.29) is 11.8 Å². The number of carbonyl (C=O) groups excluding carboxylic acids is 1. The molecule has 1 aliphatic heterocycles. The fourth-order valence-corrected chi connectivity index (χ4v) is 2.95. The molecule has 26 heavy (non-hydrogen) atoms. The number of nitrogens with one attached hydrogen (secondary N) is 1. The van der Waals surface area contributed by atoms with Crippen LogP contribution in [0.2, 0.25) is 0 Å². The lowest BCUT2D eigenvalue weighted by atomic mass is 10.1. The van der Waals surface area contributed by atoms with Gasteiger partial charge in [0, 0.05) is 18.8 Å². The summed E-state index contributed by atoms with van der Waals surface area (Å²) in [5, 5.41) is 3.16. The zero-order valence-electron chi connectivity index (χ0n) is 15.2. The predicted octanol–water partition coefficient (Wildman–Crippen LogP) is 3.10. The predicted molar refractivity (Wildman–Crippen MR) is 102 cm³/mol. The van der Waals surface area contributed by atoms with Crippen LogP contribution in [0, 0.1) is 0 Å². The first-order valence-corrected chi connectivity index (χ1v) is 8.98. The van der Waals surface area contributed by atoms with Gasteiger partial charge in [-0.2, -0.15) is 0 Å². The summed E-state index contributed by atoms with van der Waals surface area (Å²) in [5.74, 6) is 1.31. The van der Waals surface area contributed by atoms with Gasteiger partial charge in [-0.25, -0.2) is 9.97 Å². The van der Waals surface area contributed by atoms with Crippen LogP contribution in [0.3, 0.4) is 0 Å². The van der Waals surface area contributed by atoms with E-state index >= 15 is 0 Å². The number of piperidine rings is 1. The van der Waals surface area contributed by atoms with E-state index in [2.05, 4.69) is 20.2 Å². The van der Waals surface area contributed by atoms with E-state index in [4.69, 9.17) is 10.5 Å². The zero-order chi connectivity index (χ0) is 18.5. The van der Waals surface area contributed by atoms with Gasteiger partial charge in [-0.05, 0) is 57.4 Å². The molecule has 0 bridgehead atoms. The fourth-order valence-electron chi connectivity index (χ4n) is 2.95. The van der Waals surface area contributed by atoms with Gasteiger partial charge in [0.2, 0.25) is 0 Å². The second kappa shape index (κ2) is 8.03. The second-order valence-corrected chi connectivity index (χ2v) is 6.65. The van der Waals surface area contributed by atoms with E-state index < -0.39 is 5.91 Å². The van der Waals surface area contributed by atoms with Gasteiger partial charge >= 0.3 is 0 Å². The summed E-state index contributed by atoms with van der Waals surface area (Å²) in [6.45, 7) is 5.86. The Morgan fingerprint density at radius 1 is 1.19 bits per heavy atom. The SMILES string of the molecule is CC(C)Oc1ccc(Nc2nc(N3CCCCC3)cnc2C(N)=O)cc1. The fraction of sp³-hybridized carbons (Fsp3) is 0.421. The van der Waals surface area contributed by atoms with Gasteiger partial charge in [-0.3, -0.25) is 4.79 Å². The first kappa shape index (κ1) is 18.0. The Morgan fingerprint density at radius 2 is 1.88 bits per heavy atom. The van der Waals surface area contributed by atoms with Crippen molar-refractivity contribution in [3.8, 4) is 5.75 Å². The first-order valence-electron chi connectivity index (χ1n) is 8.98. The molecule has 1 amide bonds. The normalized spacial score (nSPS) is 14.3. The summed E-state index contributed by atoms with van der Waals surface area (Å²) in [5.41, 5.74) is 6.38. The third-order valence-corrected chi connectivity index (χ3v) is 4.16. The third-order valence-electron chi connectivity index (χ3n) is 4.16. The molecule has 0 atom stereocenters. The van der Waals surface area contributed by atoms with Crippen molar-refractivity contribution in [2.45, 2.75) is 39.2 Å². The number of nitrogens with two attached hydrogens (primary N) is 1. The highest BCUT2D eigenvalue weighted by Gasteiger charge is 2.18. The van der Waals surface area contributed by atoms with Gasteiger partial charge < -0.3 is 20.7 Å².